The van der Waals surface area contributed by atoms with E-state index >= 15 is 0 Å². The van der Waals surface area contributed by atoms with E-state index < -0.39 is 0 Å². The molecule has 1 aromatic rings. The quantitative estimate of drug-likeness (QED) is 0.898. The first-order valence-electron chi connectivity index (χ1n) is 7.70. The summed E-state index contributed by atoms with van der Waals surface area (Å²) in [6.07, 6.45) is 4.28. The molecule has 5 nitrogen and oxygen atoms in total. The second kappa shape index (κ2) is 6.22. The lowest BCUT2D eigenvalue weighted by molar-refractivity contribution is 0.0217. The molecule has 0 bridgehead atoms. The lowest BCUT2D eigenvalue weighted by Gasteiger charge is -2.36. The van der Waals surface area contributed by atoms with E-state index in [0.29, 0.717) is 24.2 Å². The monoisotopic (exact) mass is 281 g/mol. The van der Waals surface area contributed by atoms with Crippen LogP contribution in [0.3, 0.4) is 0 Å². The molecule has 0 amide bonds. The molecule has 0 saturated heterocycles. The van der Waals surface area contributed by atoms with E-state index in [9.17, 15) is 0 Å². The van der Waals surface area contributed by atoms with Gasteiger partial charge in [0.25, 0.3) is 0 Å². The Morgan fingerprint density at radius 3 is 2.80 bits per heavy atom. The van der Waals surface area contributed by atoms with Crippen molar-refractivity contribution in [3.63, 3.8) is 0 Å². The molecule has 5 heteroatoms. The van der Waals surface area contributed by atoms with Gasteiger partial charge in [0, 0.05) is 12.6 Å². The molecule has 1 saturated carbocycles. The van der Waals surface area contributed by atoms with E-state index in [0.717, 1.165) is 12.8 Å². The summed E-state index contributed by atoms with van der Waals surface area (Å²) in [5, 5.41) is 4.14. The van der Waals surface area contributed by atoms with Gasteiger partial charge in [0.15, 0.2) is 0 Å². The van der Waals surface area contributed by atoms with Gasteiger partial charge in [0.2, 0.25) is 11.7 Å². The number of aromatic nitrogens is 2. The van der Waals surface area contributed by atoms with Crippen molar-refractivity contribution in [2.75, 3.05) is 6.61 Å². The molecule has 1 aromatic heterocycles. The Bertz CT molecular complexity index is 433. The zero-order chi connectivity index (χ0) is 14.8. The Hall–Kier alpha value is -0.940. The molecule has 20 heavy (non-hydrogen) atoms. The van der Waals surface area contributed by atoms with Crippen LogP contribution in [0, 0.1) is 5.92 Å². The zero-order valence-corrected chi connectivity index (χ0v) is 13.1. The topological polar surface area (TPSA) is 74.2 Å². The number of hydrogen-bond donors (Lipinski definition) is 1. The minimum atomic E-state index is -0.197. The SMILES string of the molecule is CCOC(c1noc(C2(C)CCCCC2N)n1)C(C)C. The Morgan fingerprint density at radius 1 is 1.45 bits per heavy atom. The fourth-order valence-electron chi connectivity index (χ4n) is 2.95. The Balaban J connectivity index is 2.23. The molecule has 1 fully saturated rings. The maximum Gasteiger partial charge on any atom is 0.234 e. The summed E-state index contributed by atoms with van der Waals surface area (Å²) in [6.45, 7) is 8.96. The average molecular weight is 281 g/mol. The smallest absolute Gasteiger partial charge is 0.234 e. The van der Waals surface area contributed by atoms with Crippen LogP contribution < -0.4 is 5.73 Å². The van der Waals surface area contributed by atoms with Crippen molar-refractivity contribution in [1.82, 2.24) is 10.1 Å². The summed E-state index contributed by atoms with van der Waals surface area (Å²) in [4.78, 5) is 4.61. The van der Waals surface area contributed by atoms with Gasteiger partial charge in [0.1, 0.15) is 6.10 Å². The third kappa shape index (κ3) is 2.88. The predicted molar refractivity (Wildman–Crippen MR) is 77.3 cm³/mol. The lowest BCUT2D eigenvalue weighted by atomic mass is 9.72. The second-order valence-electron chi connectivity index (χ2n) is 6.35. The number of nitrogens with two attached hydrogens (primary N) is 1. The van der Waals surface area contributed by atoms with Crippen LogP contribution >= 0.6 is 0 Å². The summed E-state index contributed by atoms with van der Waals surface area (Å²) in [5.74, 6) is 1.63. The second-order valence-corrected chi connectivity index (χ2v) is 6.35. The molecule has 0 spiro atoms. The van der Waals surface area contributed by atoms with Gasteiger partial charge >= 0.3 is 0 Å². The normalized spacial score (nSPS) is 28.8. The van der Waals surface area contributed by atoms with Crippen LogP contribution in [0.1, 0.15) is 71.2 Å². The highest BCUT2D eigenvalue weighted by Gasteiger charge is 2.41. The van der Waals surface area contributed by atoms with Crippen LogP contribution in [0.5, 0.6) is 0 Å². The van der Waals surface area contributed by atoms with Crippen LogP contribution in [-0.2, 0) is 10.2 Å². The first-order chi connectivity index (χ1) is 9.49. The predicted octanol–water partition coefficient (Wildman–Crippen LogP) is 2.96. The fraction of sp³-hybridized carbons (Fsp3) is 0.867. The summed E-state index contributed by atoms with van der Waals surface area (Å²) < 4.78 is 11.3. The molecule has 2 N–H and O–H groups in total. The Morgan fingerprint density at radius 2 is 2.20 bits per heavy atom. The van der Waals surface area contributed by atoms with Crippen molar-refractivity contribution in [3.8, 4) is 0 Å². The average Bonchev–Trinajstić information content (AvgIpc) is 2.89. The van der Waals surface area contributed by atoms with Crippen molar-refractivity contribution in [2.45, 2.75) is 70.9 Å². The van der Waals surface area contributed by atoms with E-state index in [4.69, 9.17) is 15.0 Å². The van der Waals surface area contributed by atoms with Crippen molar-refractivity contribution in [3.05, 3.63) is 11.7 Å². The third-order valence-electron chi connectivity index (χ3n) is 4.42. The summed E-state index contributed by atoms with van der Waals surface area (Å²) in [7, 11) is 0. The molecular formula is C15H27N3O2. The van der Waals surface area contributed by atoms with Gasteiger partial charge in [-0.1, -0.05) is 31.8 Å². The molecule has 3 unspecified atom stereocenters. The van der Waals surface area contributed by atoms with E-state index in [-0.39, 0.29) is 17.6 Å². The van der Waals surface area contributed by atoms with E-state index in [1.54, 1.807) is 0 Å². The number of nitrogens with zero attached hydrogens (tertiary/aromatic N) is 2. The summed E-state index contributed by atoms with van der Waals surface area (Å²) in [5.41, 5.74) is 6.09. The van der Waals surface area contributed by atoms with E-state index in [1.165, 1.54) is 12.8 Å². The van der Waals surface area contributed by atoms with Crippen LogP contribution in [-0.4, -0.2) is 22.8 Å². The van der Waals surface area contributed by atoms with E-state index in [2.05, 4.69) is 30.9 Å². The van der Waals surface area contributed by atoms with E-state index in [1.807, 2.05) is 6.92 Å². The minimum absolute atomic E-state index is 0.0918. The minimum Gasteiger partial charge on any atom is -0.370 e. The third-order valence-corrected chi connectivity index (χ3v) is 4.42. The van der Waals surface area contributed by atoms with Crippen LogP contribution in [0.4, 0.5) is 0 Å². The van der Waals surface area contributed by atoms with Crippen LogP contribution in [0.25, 0.3) is 0 Å². The zero-order valence-electron chi connectivity index (χ0n) is 13.1. The highest BCUT2D eigenvalue weighted by molar-refractivity contribution is 5.11. The van der Waals surface area contributed by atoms with Gasteiger partial charge in [0.05, 0.1) is 5.41 Å². The van der Waals surface area contributed by atoms with Crippen molar-refractivity contribution in [2.24, 2.45) is 11.7 Å². The largest absolute Gasteiger partial charge is 0.370 e. The maximum absolute atomic E-state index is 6.29. The van der Waals surface area contributed by atoms with Gasteiger partial charge in [-0.15, -0.1) is 0 Å². The molecule has 0 aliphatic heterocycles. The molecule has 0 aromatic carbocycles. The molecule has 1 aliphatic rings. The highest BCUT2D eigenvalue weighted by atomic mass is 16.5. The van der Waals surface area contributed by atoms with Crippen LogP contribution in [0.2, 0.25) is 0 Å². The Labute approximate surface area is 121 Å². The number of ether oxygens (including phenoxy) is 1. The van der Waals surface area contributed by atoms with Gasteiger partial charge < -0.3 is 15.0 Å². The summed E-state index contributed by atoms with van der Waals surface area (Å²) in [6, 6.07) is 0.0918. The van der Waals surface area contributed by atoms with Crippen LogP contribution in [0.15, 0.2) is 4.52 Å². The lowest BCUT2D eigenvalue weighted by Crippen LogP contribution is -2.45. The molecule has 1 aliphatic carbocycles. The first kappa shape index (κ1) is 15.4. The highest BCUT2D eigenvalue weighted by Crippen LogP contribution is 2.38. The van der Waals surface area contributed by atoms with Gasteiger partial charge in [-0.25, -0.2) is 0 Å². The van der Waals surface area contributed by atoms with Gasteiger partial charge in [-0.05, 0) is 32.6 Å². The Kier molecular flexibility index (Phi) is 4.81. The first-order valence-corrected chi connectivity index (χ1v) is 7.70. The van der Waals surface area contributed by atoms with Gasteiger partial charge in [-0.2, -0.15) is 4.98 Å². The van der Waals surface area contributed by atoms with Crippen molar-refractivity contribution >= 4 is 0 Å². The molecule has 114 valence electrons. The maximum atomic E-state index is 6.29. The molecule has 3 atom stereocenters. The molecular weight excluding hydrogens is 254 g/mol. The molecule has 1 heterocycles. The number of hydrogen-bond acceptors (Lipinski definition) is 5. The van der Waals surface area contributed by atoms with Gasteiger partial charge in [-0.3, -0.25) is 0 Å². The fourth-order valence-corrected chi connectivity index (χ4v) is 2.95. The number of rotatable bonds is 5. The van der Waals surface area contributed by atoms with Crippen molar-refractivity contribution < 1.29 is 9.26 Å². The molecule has 2 rings (SSSR count). The summed E-state index contributed by atoms with van der Waals surface area (Å²) >= 11 is 0. The molecule has 0 radical (unpaired) electrons. The standard InChI is InChI=1S/C15H27N3O2/c1-5-19-12(10(2)3)13-17-14(20-18-13)15(4)9-7-6-8-11(15)16/h10-12H,5-9,16H2,1-4H3. The van der Waals surface area contributed by atoms with Crippen molar-refractivity contribution in [1.29, 1.82) is 0 Å².